The summed E-state index contributed by atoms with van der Waals surface area (Å²) in [5.41, 5.74) is 2.18. The normalized spacial score (nSPS) is 17.8. The lowest BCUT2D eigenvalue weighted by atomic mass is 10.00. The van der Waals surface area contributed by atoms with Gasteiger partial charge in [-0.15, -0.1) is 0 Å². The molecule has 1 aliphatic rings. The third-order valence-corrected chi connectivity index (χ3v) is 2.50. The summed E-state index contributed by atoms with van der Waals surface area (Å²) >= 11 is 0. The molecule has 1 aromatic heterocycles. The summed E-state index contributed by atoms with van der Waals surface area (Å²) in [5, 5.41) is 3.24. The molecule has 2 heterocycles. The van der Waals surface area contributed by atoms with Gasteiger partial charge in [-0.05, 0) is 25.5 Å². The maximum atomic E-state index is 5.34. The number of aromatic nitrogens is 2. The molecule has 4 heteroatoms. The van der Waals surface area contributed by atoms with Crippen LogP contribution in [-0.4, -0.2) is 23.6 Å². The van der Waals surface area contributed by atoms with E-state index in [1.165, 1.54) is 5.57 Å². The minimum Gasteiger partial charge on any atom is -0.501 e. The molecule has 1 unspecified atom stereocenters. The molecule has 0 spiro atoms. The average Bonchev–Trinajstić information content (AvgIpc) is 2.33. The van der Waals surface area contributed by atoms with Gasteiger partial charge in [0.15, 0.2) is 0 Å². The number of hydrogen-bond donors (Lipinski definition) is 1. The van der Waals surface area contributed by atoms with Crippen LogP contribution in [0.2, 0.25) is 0 Å². The Bertz CT molecular complexity index is 337. The highest BCUT2D eigenvalue weighted by atomic mass is 16.5. The van der Waals surface area contributed by atoms with Crippen molar-refractivity contribution in [3.05, 3.63) is 36.1 Å². The van der Waals surface area contributed by atoms with Crippen molar-refractivity contribution in [2.75, 3.05) is 13.7 Å². The van der Waals surface area contributed by atoms with Crippen LogP contribution in [0.3, 0.4) is 0 Å². The molecule has 0 saturated carbocycles. The summed E-state index contributed by atoms with van der Waals surface area (Å²) in [7, 11) is 1.93. The van der Waals surface area contributed by atoms with Gasteiger partial charge in [-0.2, -0.15) is 0 Å². The summed E-state index contributed by atoms with van der Waals surface area (Å²) in [5.74, 6) is 0. The van der Waals surface area contributed by atoms with Gasteiger partial charge >= 0.3 is 0 Å². The molecule has 4 nitrogen and oxygen atoms in total. The maximum Gasteiger partial charge on any atom is 0.0876 e. The SMILES string of the molecule is CNC(C1=COCCC1)c1cnccn1. The summed E-state index contributed by atoms with van der Waals surface area (Å²) < 4.78 is 5.34. The van der Waals surface area contributed by atoms with Crippen molar-refractivity contribution in [3.63, 3.8) is 0 Å². The van der Waals surface area contributed by atoms with Crippen molar-refractivity contribution >= 4 is 0 Å². The van der Waals surface area contributed by atoms with Crippen LogP contribution in [0, 0.1) is 0 Å². The van der Waals surface area contributed by atoms with Crippen molar-refractivity contribution in [3.8, 4) is 0 Å². The first-order valence-electron chi connectivity index (χ1n) is 5.15. The molecule has 15 heavy (non-hydrogen) atoms. The summed E-state index contributed by atoms with van der Waals surface area (Å²) in [6, 6.07) is 0.124. The van der Waals surface area contributed by atoms with Gasteiger partial charge in [0.25, 0.3) is 0 Å². The van der Waals surface area contributed by atoms with E-state index in [1.807, 2.05) is 13.3 Å². The lowest BCUT2D eigenvalue weighted by Gasteiger charge is -2.21. The number of nitrogens with zero attached hydrogens (tertiary/aromatic N) is 2. The Morgan fingerprint density at radius 2 is 2.40 bits per heavy atom. The number of likely N-dealkylation sites (N-methyl/N-ethyl adjacent to an activating group) is 1. The van der Waals surface area contributed by atoms with E-state index in [2.05, 4.69) is 15.3 Å². The van der Waals surface area contributed by atoms with Crippen LogP contribution in [0.15, 0.2) is 30.4 Å². The fraction of sp³-hybridized carbons (Fsp3) is 0.455. The molecular formula is C11H15N3O. The zero-order chi connectivity index (χ0) is 10.5. The van der Waals surface area contributed by atoms with Crippen LogP contribution < -0.4 is 5.32 Å². The number of hydrogen-bond acceptors (Lipinski definition) is 4. The third kappa shape index (κ3) is 2.33. The molecule has 0 bridgehead atoms. The molecule has 1 aliphatic heterocycles. The fourth-order valence-corrected chi connectivity index (χ4v) is 1.78. The average molecular weight is 205 g/mol. The van der Waals surface area contributed by atoms with Crippen molar-refractivity contribution in [1.82, 2.24) is 15.3 Å². The van der Waals surface area contributed by atoms with Gasteiger partial charge in [0.05, 0.1) is 30.8 Å². The smallest absolute Gasteiger partial charge is 0.0876 e. The van der Waals surface area contributed by atoms with Crippen LogP contribution in [0.4, 0.5) is 0 Å². The fourth-order valence-electron chi connectivity index (χ4n) is 1.78. The van der Waals surface area contributed by atoms with Gasteiger partial charge in [0, 0.05) is 12.4 Å². The molecule has 0 aliphatic carbocycles. The van der Waals surface area contributed by atoms with Crippen LogP contribution in [0.25, 0.3) is 0 Å². The van der Waals surface area contributed by atoms with E-state index in [-0.39, 0.29) is 6.04 Å². The highest BCUT2D eigenvalue weighted by Gasteiger charge is 2.18. The van der Waals surface area contributed by atoms with Crippen LogP contribution in [-0.2, 0) is 4.74 Å². The second kappa shape index (κ2) is 4.89. The van der Waals surface area contributed by atoms with Crippen molar-refractivity contribution in [2.24, 2.45) is 0 Å². The zero-order valence-electron chi connectivity index (χ0n) is 8.81. The summed E-state index contributed by atoms with van der Waals surface area (Å²) in [6.07, 6.45) is 9.16. The molecule has 1 atom stereocenters. The van der Waals surface area contributed by atoms with E-state index >= 15 is 0 Å². The van der Waals surface area contributed by atoms with E-state index in [0.717, 1.165) is 25.1 Å². The van der Waals surface area contributed by atoms with Gasteiger partial charge < -0.3 is 10.1 Å². The van der Waals surface area contributed by atoms with Gasteiger partial charge in [-0.25, -0.2) is 0 Å². The molecule has 0 saturated heterocycles. The van der Waals surface area contributed by atoms with Crippen molar-refractivity contribution < 1.29 is 4.74 Å². The lowest BCUT2D eigenvalue weighted by molar-refractivity contribution is 0.219. The summed E-state index contributed by atoms with van der Waals surface area (Å²) in [6.45, 7) is 0.820. The van der Waals surface area contributed by atoms with Crippen molar-refractivity contribution in [2.45, 2.75) is 18.9 Å². The first-order chi connectivity index (χ1) is 7.42. The molecule has 1 N–H and O–H groups in total. The second-order valence-corrected chi connectivity index (χ2v) is 3.52. The number of rotatable bonds is 3. The molecular weight excluding hydrogens is 190 g/mol. The molecule has 80 valence electrons. The Hall–Kier alpha value is -1.42. The van der Waals surface area contributed by atoms with E-state index in [9.17, 15) is 0 Å². The van der Waals surface area contributed by atoms with Gasteiger partial charge in [0.1, 0.15) is 0 Å². The highest BCUT2D eigenvalue weighted by Crippen LogP contribution is 2.25. The molecule has 0 fully saturated rings. The molecule has 2 rings (SSSR count). The summed E-state index contributed by atoms with van der Waals surface area (Å²) in [4.78, 5) is 8.38. The minimum atomic E-state index is 0.124. The highest BCUT2D eigenvalue weighted by molar-refractivity contribution is 5.19. The van der Waals surface area contributed by atoms with E-state index in [1.54, 1.807) is 18.6 Å². The van der Waals surface area contributed by atoms with Crippen LogP contribution >= 0.6 is 0 Å². The van der Waals surface area contributed by atoms with E-state index < -0.39 is 0 Å². The molecule has 0 amide bonds. The lowest BCUT2D eigenvalue weighted by Crippen LogP contribution is -2.21. The van der Waals surface area contributed by atoms with Gasteiger partial charge in [0.2, 0.25) is 0 Å². The largest absolute Gasteiger partial charge is 0.501 e. The van der Waals surface area contributed by atoms with E-state index in [4.69, 9.17) is 4.74 Å². The van der Waals surface area contributed by atoms with E-state index in [0.29, 0.717) is 0 Å². The third-order valence-electron chi connectivity index (χ3n) is 2.50. The van der Waals surface area contributed by atoms with Gasteiger partial charge in [-0.1, -0.05) is 0 Å². The Labute approximate surface area is 89.4 Å². The van der Waals surface area contributed by atoms with Crippen LogP contribution in [0.1, 0.15) is 24.6 Å². The van der Waals surface area contributed by atoms with Crippen molar-refractivity contribution in [1.29, 1.82) is 0 Å². The van der Waals surface area contributed by atoms with Gasteiger partial charge in [-0.3, -0.25) is 9.97 Å². The Balaban J connectivity index is 2.20. The molecule has 1 aromatic rings. The molecule has 0 radical (unpaired) electrons. The first-order valence-corrected chi connectivity index (χ1v) is 5.15. The maximum absolute atomic E-state index is 5.34. The quantitative estimate of drug-likeness (QED) is 0.811. The minimum absolute atomic E-state index is 0.124. The topological polar surface area (TPSA) is 47.0 Å². The standard InChI is InChI=1S/C11H15N3O/c1-12-11(9-3-2-6-15-8-9)10-7-13-4-5-14-10/h4-5,7-8,11-12H,2-3,6H2,1H3. The Kier molecular flexibility index (Phi) is 3.29. The number of ether oxygens (including phenoxy) is 1. The zero-order valence-corrected chi connectivity index (χ0v) is 8.81. The number of nitrogens with one attached hydrogen (secondary N) is 1. The Morgan fingerprint density at radius 1 is 1.47 bits per heavy atom. The molecule has 0 aromatic carbocycles. The predicted octanol–water partition coefficient (Wildman–Crippen LogP) is 1.43. The Morgan fingerprint density at radius 3 is 3.00 bits per heavy atom. The first kappa shape index (κ1) is 10.1. The second-order valence-electron chi connectivity index (χ2n) is 3.52. The van der Waals surface area contributed by atoms with Crippen LogP contribution in [0.5, 0.6) is 0 Å². The monoisotopic (exact) mass is 205 g/mol. The predicted molar refractivity (Wildman–Crippen MR) is 57.1 cm³/mol.